The van der Waals surface area contributed by atoms with Crippen molar-refractivity contribution in [3.8, 4) is 16.9 Å². The summed E-state index contributed by atoms with van der Waals surface area (Å²) in [4.78, 5) is 18.6. The normalized spacial score (nSPS) is 13.1. The molecule has 2 aromatic heterocycles. The number of amides is 1. The molecule has 0 aliphatic heterocycles. The third kappa shape index (κ3) is 3.66. The number of aromatic nitrogens is 3. The number of fused-ring (bicyclic) bond motifs is 1. The maximum Gasteiger partial charge on any atom is 0.257 e. The van der Waals surface area contributed by atoms with Gasteiger partial charge in [-0.15, -0.1) is 11.3 Å². The van der Waals surface area contributed by atoms with Gasteiger partial charge in [0, 0.05) is 16.0 Å². The second-order valence-corrected chi connectivity index (χ2v) is 8.63. The highest BCUT2D eigenvalue weighted by atomic mass is 32.1. The van der Waals surface area contributed by atoms with Crippen LogP contribution in [0.25, 0.3) is 16.9 Å². The van der Waals surface area contributed by atoms with Crippen molar-refractivity contribution < 1.29 is 4.79 Å². The molecule has 0 spiro atoms. The highest BCUT2D eigenvalue weighted by Crippen LogP contribution is 2.30. The lowest BCUT2D eigenvalue weighted by Crippen LogP contribution is -2.12. The Morgan fingerprint density at radius 1 is 1.03 bits per heavy atom. The predicted molar refractivity (Wildman–Crippen MR) is 120 cm³/mol. The first-order chi connectivity index (χ1) is 14.7. The van der Waals surface area contributed by atoms with Gasteiger partial charge in [-0.25, -0.2) is 9.67 Å². The molecule has 0 fully saturated rings. The van der Waals surface area contributed by atoms with E-state index >= 15 is 0 Å². The van der Waals surface area contributed by atoms with Crippen LogP contribution in [0.4, 0.5) is 5.13 Å². The van der Waals surface area contributed by atoms with E-state index in [-0.39, 0.29) is 5.91 Å². The van der Waals surface area contributed by atoms with Crippen molar-refractivity contribution in [3.05, 3.63) is 82.5 Å². The third-order valence-corrected chi connectivity index (χ3v) is 6.41. The number of benzene rings is 2. The molecular formula is C24H22N4OS. The fourth-order valence-corrected chi connectivity index (χ4v) is 4.88. The zero-order chi connectivity index (χ0) is 20.5. The van der Waals surface area contributed by atoms with Crippen LogP contribution in [0.5, 0.6) is 0 Å². The van der Waals surface area contributed by atoms with Crippen LogP contribution in [0.1, 0.15) is 39.5 Å². The van der Waals surface area contributed by atoms with Gasteiger partial charge in [0.05, 0.1) is 22.8 Å². The molecule has 1 amide bonds. The minimum Gasteiger partial charge on any atom is -0.298 e. The topological polar surface area (TPSA) is 59.8 Å². The number of anilines is 1. The van der Waals surface area contributed by atoms with Gasteiger partial charge in [-0.05, 0) is 62.9 Å². The number of hydrogen-bond donors (Lipinski definition) is 1. The molecular weight excluding hydrogens is 392 g/mol. The van der Waals surface area contributed by atoms with Gasteiger partial charge in [0.2, 0.25) is 0 Å². The molecule has 1 N–H and O–H groups in total. The van der Waals surface area contributed by atoms with Crippen molar-refractivity contribution in [1.29, 1.82) is 0 Å². The Kier molecular flexibility index (Phi) is 4.93. The number of rotatable bonds is 4. The summed E-state index contributed by atoms with van der Waals surface area (Å²) in [5.41, 5.74) is 5.76. The molecule has 0 atom stereocenters. The standard InChI is InChI=1S/C24H22N4OS/c1-16-15-21(17-7-3-2-4-8-17)28(27-16)19-13-11-18(12-14-19)23(29)26-24-25-20-9-5-6-10-22(20)30-24/h2-4,7-8,11-15H,5-6,9-10H2,1H3,(H,25,26,29). The molecule has 1 aliphatic rings. The first-order valence-corrected chi connectivity index (χ1v) is 11.0. The van der Waals surface area contributed by atoms with E-state index < -0.39 is 0 Å². The molecule has 0 bridgehead atoms. The van der Waals surface area contributed by atoms with E-state index in [1.165, 1.54) is 17.7 Å². The van der Waals surface area contributed by atoms with Crippen LogP contribution in [0, 0.1) is 6.92 Å². The van der Waals surface area contributed by atoms with Gasteiger partial charge in [-0.1, -0.05) is 30.3 Å². The molecule has 6 heteroatoms. The molecule has 5 rings (SSSR count). The largest absolute Gasteiger partial charge is 0.298 e. The van der Waals surface area contributed by atoms with Crippen molar-refractivity contribution in [3.63, 3.8) is 0 Å². The van der Waals surface area contributed by atoms with Gasteiger partial charge in [-0.2, -0.15) is 5.10 Å². The summed E-state index contributed by atoms with van der Waals surface area (Å²) in [6.07, 6.45) is 4.49. The lowest BCUT2D eigenvalue weighted by molar-refractivity contribution is 0.102. The number of hydrogen-bond acceptors (Lipinski definition) is 4. The average Bonchev–Trinajstić information content (AvgIpc) is 3.37. The van der Waals surface area contributed by atoms with Gasteiger partial charge in [-0.3, -0.25) is 10.1 Å². The molecule has 0 unspecified atom stereocenters. The molecule has 0 radical (unpaired) electrons. The Labute approximate surface area is 179 Å². The van der Waals surface area contributed by atoms with E-state index in [1.54, 1.807) is 11.3 Å². The van der Waals surface area contributed by atoms with Crippen LogP contribution in [0.2, 0.25) is 0 Å². The molecule has 4 aromatic rings. The van der Waals surface area contributed by atoms with Gasteiger partial charge in [0.15, 0.2) is 5.13 Å². The summed E-state index contributed by atoms with van der Waals surface area (Å²) >= 11 is 1.60. The van der Waals surface area contributed by atoms with Gasteiger partial charge in [0.1, 0.15) is 0 Å². The van der Waals surface area contributed by atoms with Gasteiger partial charge in [0.25, 0.3) is 5.91 Å². The van der Waals surface area contributed by atoms with Crippen molar-refractivity contribution in [2.24, 2.45) is 0 Å². The number of carbonyl (C=O) groups excluding carboxylic acids is 1. The predicted octanol–water partition coefficient (Wildman–Crippen LogP) is 5.44. The Balaban J connectivity index is 1.37. The second-order valence-electron chi connectivity index (χ2n) is 7.55. The van der Waals surface area contributed by atoms with Crippen molar-refractivity contribution in [2.75, 3.05) is 5.32 Å². The second kappa shape index (κ2) is 7.88. The zero-order valence-electron chi connectivity index (χ0n) is 16.8. The zero-order valence-corrected chi connectivity index (χ0v) is 17.6. The van der Waals surface area contributed by atoms with E-state index in [2.05, 4.69) is 33.6 Å². The van der Waals surface area contributed by atoms with Crippen molar-refractivity contribution in [1.82, 2.24) is 14.8 Å². The SMILES string of the molecule is Cc1cc(-c2ccccc2)n(-c2ccc(C(=O)Nc3nc4c(s3)CCCC4)cc2)n1. The van der Waals surface area contributed by atoms with E-state index in [0.717, 1.165) is 41.2 Å². The summed E-state index contributed by atoms with van der Waals surface area (Å²) in [6.45, 7) is 1.98. The molecule has 1 aliphatic carbocycles. The minimum atomic E-state index is -0.132. The number of nitrogens with one attached hydrogen (secondary N) is 1. The number of carbonyl (C=O) groups is 1. The Hall–Kier alpha value is -3.25. The molecule has 150 valence electrons. The fourth-order valence-electron chi connectivity index (χ4n) is 3.84. The molecule has 30 heavy (non-hydrogen) atoms. The monoisotopic (exact) mass is 414 g/mol. The van der Waals surface area contributed by atoms with Gasteiger partial charge >= 0.3 is 0 Å². The highest BCUT2D eigenvalue weighted by molar-refractivity contribution is 7.15. The summed E-state index contributed by atoms with van der Waals surface area (Å²) in [6, 6.07) is 19.8. The molecule has 5 nitrogen and oxygen atoms in total. The van der Waals surface area contributed by atoms with Gasteiger partial charge < -0.3 is 0 Å². The molecule has 0 saturated heterocycles. The summed E-state index contributed by atoms with van der Waals surface area (Å²) in [7, 11) is 0. The van der Waals surface area contributed by atoms with Crippen molar-refractivity contribution in [2.45, 2.75) is 32.6 Å². The van der Waals surface area contributed by atoms with Crippen LogP contribution in [-0.2, 0) is 12.8 Å². The fraction of sp³-hybridized carbons (Fsp3) is 0.208. The first kappa shape index (κ1) is 18.8. The van der Waals surface area contributed by atoms with E-state index in [1.807, 2.05) is 54.1 Å². The molecule has 2 heterocycles. The highest BCUT2D eigenvalue weighted by Gasteiger charge is 2.17. The first-order valence-electron chi connectivity index (χ1n) is 10.2. The van der Waals surface area contributed by atoms with E-state index in [4.69, 9.17) is 0 Å². The Morgan fingerprint density at radius 2 is 1.80 bits per heavy atom. The quantitative estimate of drug-likeness (QED) is 0.484. The minimum absolute atomic E-state index is 0.132. The van der Waals surface area contributed by atoms with E-state index in [9.17, 15) is 4.79 Å². The lowest BCUT2D eigenvalue weighted by Gasteiger charge is -2.09. The van der Waals surface area contributed by atoms with Crippen LogP contribution in [-0.4, -0.2) is 20.7 Å². The lowest BCUT2D eigenvalue weighted by atomic mass is 10.0. The summed E-state index contributed by atoms with van der Waals surface area (Å²) < 4.78 is 1.92. The number of aryl methyl sites for hydroxylation is 3. The number of thiazole rings is 1. The summed E-state index contributed by atoms with van der Waals surface area (Å²) in [5.74, 6) is -0.132. The van der Waals surface area contributed by atoms with Crippen LogP contribution >= 0.6 is 11.3 Å². The average molecular weight is 415 g/mol. The van der Waals surface area contributed by atoms with Crippen LogP contribution in [0.3, 0.4) is 0 Å². The van der Waals surface area contributed by atoms with Crippen molar-refractivity contribution >= 4 is 22.4 Å². The van der Waals surface area contributed by atoms with E-state index in [0.29, 0.717) is 10.7 Å². The Morgan fingerprint density at radius 3 is 2.57 bits per heavy atom. The summed E-state index contributed by atoms with van der Waals surface area (Å²) in [5, 5.41) is 8.31. The molecule has 2 aromatic carbocycles. The Bertz CT molecular complexity index is 1170. The van der Waals surface area contributed by atoms with Crippen LogP contribution < -0.4 is 5.32 Å². The third-order valence-electron chi connectivity index (χ3n) is 5.34. The maximum atomic E-state index is 12.7. The number of nitrogens with zero attached hydrogens (tertiary/aromatic N) is 3. The molecule has 0 saturated carbocycles. The van der Waals surface area contributed by atoms with Crippen LogP contribution in [0.15, 0.2) is 60.7 Å². The smallest absolute Gasteiger partial charge is 0.257 e. The maximum absolute atomic E-state index is 12.7.